The van der Waals surface area contributed by atoms with Gasteiger partial charge in [0.05, 0.1) is 18.3 Å². The molecule has 4 heteroatoms. The second-order valence-electron chi connectivity index (χ2n) is 4.56. The van der Waals surface area contributed by atoms with Crippen molar-refractivity contribution in [2.24, 2.45) is 7.05 Å². The zero-order chi connectivity index (χ0) is 13.7. The van der Waals surface area contributed by atoms with Gasteiger partial charge in [0.25, 0.3) is 0 Å². The molecule has 4 nitrogen and oxygen atoms in total. The van der Waals surface area contributed by atoms with Crippen molar-refractivity contribution >= 4 is 0 Å². The standard InChI is InChI=1S/C15H21N3O/c1-4-10-19-13-7-5-6-12(11-13)15(16-2)14-8-9-18(3)17-14/h5-9,11,15-16H,4,10H2,1-3H3. The van der Waals surface area contributed by atoms with Crippen LogP contribution in [0.2, 0.25) is 0 Å². The van der Waals surface area contributed by atoms with Crippen LogP contribution in [-0.2, 0) is 7.05 Å². The fourth-order valence-electron chi connectivity index (χ4n) is 2.08. The van der Waals surface area contributed by atoms with Crippen molar-refractivity contribution < 1.29 is 4.74 Å². The van der Waals surface area contributed by atoms with Gasteiger partial charge in [-0.05, 0) is 37.2 Å². The van der Waals surface area contributed by atoms with Gasteiger partial charge in [0.1, 0.15) is 5.75 Å². The molecule has 1 N–H and O–H groups in total. The van der Waals surface area contributed by atoms with E-state index in [-0.39, 0.29) is 6.04 Å². The highest BCUT2D eigenvalue weighted by molar-refractivity contribution is 5.34. The van der Waals surface area contributed by atoms with Crippen LogP contribution in [0.1, 0.15) is 30.6 Å². The lowest BCUT2D eigenvalue weighted by molar-refractivity contribution is 0.317. The minimum atomic E-state index is 0.0892. The van der Waals surface area contributed by atoms with E-state index >= 15 is 0 Å². The molecule has 102 valence electrons. The Kier molecular flexibility index (Phi) is 4.58. The fraction of sp³-hybridized carbons (Fsp3) is 0.400. The first kappa shape index (κ1) is 13.6. The fourth-order valence-corrected chi connectivity index (χ4v) is 2.08. The van der Waals surface area contributed by atoms with E-state index in [1.807, 2.05) is 43.2 Å². The summed E-state index contributed by atoms with van der Waals surface area (Å²) in [5.74, 6) is 0.913. The summed E-state index contributed by atoms with van der Waals surface area (Å²) in [7, 11) is 3.87. The summed E-state index contributed by atoms with van der Waals surface area (Å²) >= 11 is 0. The summed E-state index contributed by atoms with van der Waals surface area (Å²) in [4.78, 5) is 0. The Morgan fingerprint density at radius 1 is 1.37 bits per heavy atom. The van der Waals surface area contributed by atoms with Crippen LogP contribution >= 0.6 is 0 Å². The Bertz CT molecular complexity index is 522. The lowest BCUT2D eigenvalue weighted by atomic mass is 10.0. The highest BCUT2D eigenvalue weighted by Gasteiger charge is 2.15. The zero-order valence-electron chi connectivity index (χ0n) is 11.8. The van der Waals surface area contributed by atoms with E-state index in [1.165, 1.54) is 0 Å². The van der Waals surface area contributed by atoms with Gasteiger partial charge in [0.15, 0.2) is 0 Å². The molecule has 2 rings (SSSR count). The van der Waals surface area contributed by atoms with Gasteiger partial charge in [0, 0.05) is 13.2 Å². The van der Waals surface area contributed by atoms with Gasteiger partial charge >= 0.3 is 0 Å². The molecule has 0 aliphatic carbocycles. The Morgan fingerprint density at radius 3 is 2.84 bits per heavy atom. The van der Waals surface area contributed by atoms with Crippen LogP contribution in [0, 0.1) is 0 Å². The molecule has 1 heterocycles. The van der Waals surface area contributed by atoms with Gasteiger partial charge in [0.2, 0.25) is 0 Å². The van der Waals surface area contributed by atoms with Gasteiger partial charge in [-0.15, -0.1) is 0 Å². The third kappa shape index (κ3) is 3.35. The molecule has 2 aromatic rings. The molecular weight excluding hydrogens is 238 g/mol. The van der Waals surface area contributed by atoms with Crippen molar-refractivity contribution in [2.75, 3.05) is 13.7 Å². The highest BCUT2D eigenvalue weighted by atomic mass is 16.5. The maximum atomic E-state index is 5.68. The SMILES string of the molecule is CCCOc1cccc(C(NC)c2ccn(C)n2)c1. The predicted octanol–water partition coefficient (Wildman–Crippen LogP) is 2.52. The first-order valence-corrected chi connectivity index (χ1v) is 6.64. The zero-order valence-corrected chi connectivity index (χ0v) is 11.8. The topological polar surface area (TPSA) is 39.1 Å². The molecule has 1 aromatic carbocycles. The maximum absolute atomic E-state index is 5.68. The first-order valence-electron chi connectivity index (χ1n) is 6.64. The van der Waals surface area contributed by atoms with Crippen molar-refractivity contribution in [1.82, 2.24) is 15.1 Å². The quantitative estimate of drug-likeness (QED) is 0.866. The molecule has 1 unspecified atom stereocenters. The van der Waals surface area contributed by atoms with Crippen molar-refractivity contribution in [2.45, 2.75) is 19.4 Å². The van der Waals surface area contributed by atoms with E-state index < -0.39 is 0 Å². The molecule has 0 fully saturated rings. The molecule has 0 radical (unpaired) electrons. The minimum absolute atomic E-state index is 0.0892. The summed E-state index contributed by atoms with van der Waals surface area (Å²) in [5.41, 5.74) is 2.17. The third-order valence-electron chi connectivity index (χ3n) is 2.98. The third-order valence-corrected chi connectivity index (χ3v) is 2.98. The van der Waals surface area contributed by atoms with E-state index in [2.05, 4.69) is 29.5 Å². The molecule has 0 saturated carbocycles. The number of aryl methyl sites for hydroxylation is 1. The summed E-state index contributed by atoms with van der Waals surface area (Å²) in [6, 6.07) is 10.3. The van der Waals surface area contributed by atoms with Crippen LogP contribution in [0.15, 0.2) is 36.5 Å². The normalized spacial score (nSPS) is 12.4. The number of benzene rings is 1. The molecular formula is C15H21N3O. The molecule has 1 atom stereocenters. The number of ether oxygens (including phenoxy) is 1. The molecule has 0 bridgehead atoms. The molecule has 0 amide bonds. The second-order valence-corrected chi connectivity index (χ2v) is 4.56. The Morgan fingerprint density at radius 2 is 2.21 bits per heavy atom. The Labute approximate surface area is 114 Å². The van der Waals surface area contributed by atoms with Crippen LogP contribution in [0.3, 0.4) is 0 Å². The van der Waals surface area contributed by atoms with Gasteiger partial charge < -0.3 is 10.1 Å². The monoisotopic (exact) mass is 259 g/mol. The Balaban J connectivity index is 2.23. The van der Waals surface area contributed by atoms with Gasteiger partial charge in [-0.25, -0.2) is 0 Å². The number of rotatable bonds is 6. The number of nitrogens with zero attached hydrogens (tertiary/aromatic N) is 2. The summed E-state index contributed by atoms with van der Waals surface area (Å²) in [5, 5.41) is 7.76. The number of aromatic nitrogens is 2. The minimum Gasteiger partial charge on any atom is -0.494 e. The van der Waals surface area contributed by atoms with Crippen LogP contribution in [0.5, 0.6) is 5.75 Å². The molecule has 1 aromatic heterocycles. The molecule has 0 aliphatic heterocycles. The van der Waals surface area contributed by atoms with E-state index in [0.717, 1.165) is 30.0 Å². The lowest BCUT2D eigenvalue weighted by Crippen LogP contribution is -2.18. The molecule has 19 heavy (non-hydrogen) atoms. The van der Waals surface area contributed by atoms with Gasteiger partial charge in [-0.1, -0.05) is 19.1 Å². The van der Waals surface area contributed by atoms with Crippen LogP contribution in [-0.4, -0.2) is 23.4 Å². The van der Waals surface area contributed by atoms with E-state index in [4.69, 9.17) is 4.74 Å². The van der Waals surface area contributed by atoms with Crippen molar-refractivity contribution in [3.63, 3.8) is 0 Å². The van der Waals surface area contributed by atoms with E-state index in [0.29, 0.717) is 0 Å². The number of nitrogens with one attached hydrogen (secondary N) is 1. The van der Waals surface area contributed by atoms with Gasteiger partial charge in [-0.2, -0.15) is 5.10 Å². The van der Waals surface area contributed by atoms with Crippen LogP contribution < -0.4 is 10.1 Å². The Hall–Kier alpha value is -1.81. The van der Waals surface area contributed by atoms with Gasteiger partial charge in [-0.3, -0.25) is 4.68 Å². The van der Waals surface area contributed by atoms with Crippen molar-refractivity contribution in [3.05, 3.63) is 47.8 Å². The maximum Gasteiger partial charge on any atom is 0.119 e. The summed E-state index contributed by atoms with van der Waals surface area (Å²) in [6.07, 6.45) is 2.97. The summed E-state index contributed by atoms with van der Waals surface area (Å²) < 4.78 is 7.49. The van der Waals surface area contributed by atoms with Crippen LogP contribution in [0.25, 0.3) is 0 Å². The molecule has 0 aliphatic rings. The summed E-state index contributed by atoms with van der Waals surface area (Å²) in [6.45, 7) is 2.85. The average molecular weight is 259 g/mol. The second kappa shape index (κ2) is 6.38. The predicted molar refractivity (Wildman–Crippen MR) is 76.3 cm³/mol. The number of hydrogen-bond acceptors (Lipinski definition) is 3. The van der Waals surface area contributed by atoms with Crippen molar-refractivity contribution in [3.8, 4) is 5.75 Å². The van der Waals surface area contributed by atoms with Crippen LogP contribution in [0.4, 0.5) is 0 Å². The average Bonchev–Trinajstić information content (AvgIpc) is 2.84. The molecule has 0 spiro atoms. The first-order chi connectivity index (χ1) is 9.24. The highest BCUT2D eigenvalue weighted by Crippen LogP contribution is 2.23. The lowest BCUT2D eigenvalue weighted by Gasteiger charge is -2.15. The number of hydrogen-bond donors (Lipinski definition) is 1. The van der Waals surface area contributed by atoms with E-state index in [9.17, 15) is 0 Å². The smallest absolute Gasteiger partial charge is 0.119 e. The molecule has 0 saturated heterocycles. The van der Waals surface area contributed by atoms with Crippen molar-refractivity contribution in [1.29, 1.82) is 0 Å². The largest absolute Gasteiger partial charge is 0.494 e. The van der Waals surface area contributed by atoms with E-state index in [1.54, 1.807) is 0 Å².